The van der Waals surface area contributed by atoms with Gasteiger partial charge in [-0.15, -0.1) is 0 Å². The van der Waals surface area contributed by atoms with Crippen LogP contribution in [0.1, 0.15) is 12.1 Å². The summed E-state index contributed by atoms with van der Waals surface area (Å²) in [6.45, 7) is 0. The van der Waals surface area contributed by atoms with E-state index in [4.69, 9.17) is 4.74 Å². The Balaban J connectivity index is 2.05. The van der Waals surface area contributed by atoms with E-state index in [1.165, 1.54) is 0 Å². The Morgan fingerprint density at radius 1 is 1.09 bits per heavy atom. The van der Waals surface area contributed by atoms with Crippen LogP contribution in [0.3, 0.4) is 0 Å². The number of nitrogens with zero attached hydrogens (tertiary/aromatic N) is 2. The van der Waals surface area contributed by atoms with Gasteiger partial charge in [0.05, 0.1) is 24.2 Å². The van der Waals surface area contributed by atoms with Gasteiger partial charge in [-0.1, -0.05) is 18.2 Å². The highest BCUT2D eigenvalue weighted by atomic mass is 16.5. The lowest BCUT2D eigenvalue weighted by atomic mass is 10.1. The Hall–Kier alpha value is -2.88. The molecule has 0 N–H and O–H groups in total. The third-order valence-corrected chi connectivity index (χ3v) is 3.66. The summed E-state index contributed by atoms with van der Waals surface area (Å²) in [5.74, 6) is 0.820. The zero-order valence-corrected chi connectivity index (χ0v) is 13.0. The van der Waals surface area contributed by atoms with Crippen molar-refractivity contribution in [1.82, 2.24) is 9.78 Å². The largest absolute Gasteiger partial charge is 0.497 e. The van der Waals surface area contributed by atoms with Gasteiger partial charge < -0.3 is 9.53 Å². The summed E-state index contributed by atoms with van der Waals surface area (Å²) in [6.07, 6.45) is 2.05. The fourth-order valence-electron chi connectivity index (χ4n) is 2.49. The van der Waals surface area contributed by atoms with Crippen LogP contribution in [0.25, 0.3) is 16.9 Å². The summed E-state index contributed by atoms with van der Waals surface area (Å²) in [5, 5.41) is 4.66. The van der Waals surface area contributed by atoms with Gasteiger partial charge in [0.2, 0.25) is 0 Å². The number of aromatic nitrogens is 2. The Kier molecular flexibility index (Phi) is 4.52. The molecule has 2 aromatic carbocycles. The summed E-state index contributed by atoms with van der Waals surface area (Å²) >= 11 is 0. The topological polar surface area (TPSA) is 44.1 Å². The molecule has 23 heavy (non-hydrogen) atoms. The molecule has 1 heterocycles. The summed E-state index contributed by atoms with van der Waals surface area (Å²) in [7, 11) is 1.65. The van der Waals surface area contributed by atoms with Crippen molar-refractivity contribution in [2.24, 2.45) is 0 Å². The fraction of sp³-hybridized carbons (Fsp3) is 0.158. The number of ether oxygens (including phenoxy) is 1. The first-order valence-corrected chi connectivity index (χ1v) is 7.54. The summed E-state index contributed by atoms with van der Waals surface area (Å²) in [6, 6.07) is 19.9. The Morgan fingerprint density at radius 2 is 1.83 bits per heavy atom. The molecule has 3 aromatic rings. The maximum atomic E-state index is 10.6. The van der Waals surface area contributed by atoms with E-state index in [2.05, 4.69) is 5.10 Å². The average molecular weight is 306 g/mol. The van der Waals surface area contributed by atoms with Crippen LogP contribution in [0.4, 0.5) is 0 Å². The quantitative estimate of drug-likeness (QED) is 0.653. The number of aryl methyl sites for hydroxylation is 1. The lowest BCUT2D eigenvalue weighted by molar-refractivity contribution is -0.107. The predicted molar refractivity (Wildman–Crippen MR) is 89.9 cm³/mol. The molecule has 0 atom stereocenters. The van der Waals surface area contributed by atoms with Crippen LogP contribution in [-0.2, 0) is 11.2 Å². The number of hydrogen-bond donors (Lipinski definition) is 0. The molecule has 0 saturated heterocycles. The van der Waals surface area contributed by atoms with E-state index >= 15 is 0 Å². The number of methoxy groups -OCH3 is 1. The third-order valence-electron chi connectivity index (χ3n) is 3.66. The molecule has 3 rings (SSSR count). The van der Waals surface area contributed by atoms with Gasteiger partial charge in [-0.05, 0) is 48.9 Å². The molecule has 0 aliphatic heterocycles. The van der Waals surface area contributed by atoms with E-state index in [1.807, 2.05) is 65.3 Å². The highest BCUT2D eigenvalue weighted by Gasteiger charge is 2.11. The molecule has 0 spiro atoms. The second kappa shape index (κ2) is 6.92. The Labute approximate surface area is 135 Å². The van der Waals surface area contributed by atoms with Gasteiger partial charge >= 0.3 is 0 Å². The van der Waals surface area contributed by atoms with Crippen molar-refractivity contribution in [3.8, 4) is 22.7 Å². The number of carbonyl (C=O) groups is 1. The lowest BCUT2D eigenvalue weighted by Gasteiger charge is -2.08. The smallest absolute Gasteiger partial charge is 0.120 e. The number of benzene rings is 2. The first-order chi connectivity index (χ1) is 11.3. The van der Waals surface area contributed by atoms with Crippen molar-refractivity contribution in [2.45, 2.75) is 12.8 Å². The molecule has 4 heteroatoms. The molecule has 0 amide bonds. The minimum atomic E-state index is 0.480. The fourth-order valence-corrected chi connectivity index (χ4v) is 2.49. The minimum absolute atomic E-state index is 0.480. The highest BCUT2D eigenvalue weighted by molar-refractivity contribution is 5.64. The lowest BCUT2D eigenvalue weighted by Crippen LogP contribution is -1.99. The van der Waals surface area contributed by atoms with E-state index in [-0.39, 0.29) is 0 Å². The van der Waals surface area contributed by atoms with E-state index in [0.717, 1.165) is 34.7 Å². The molecule has 0 radical (unpaired) electrons. The van der Waals surface area contributed by atoms with Gasteiger partial charge in [-0.3, -0.25) is 0 Å². The number of para-hydroxylation sites is 1. The number of aldehydes is 1. The van der Waals surface area contributed by atoms with Crippen molar-refractivity contribution in [1.29, 1.82) is 0 Å². The number of carbonyl (C=O) groups excluding carboxylic acids is 1. The van der Waals surface area contributed by atoms with Gasteiger partial charge in [0.1, 0.15) is 12.0 Å². The van der Waals surface area contributed by atoms with E-state index < -0.39 is 0 Å². The maximum Gasteiger partial charge on any atom is 0.120 e. The van der Waals surface area contributed by atoms with E-state index in [1.54, 1.807) is 7.11 Å². The molecule has 0 bridgehead atoms. The number of hydrogen-bond acceptors (Lipinski definition) is 3. The van der Waals surface area contributed by atoms with Crippen LogP contribution < -0.4 is 4.74 Å². The minimum Gasteiger partial charge on any atom is -0.497 e. The van der Waals surface area contributed by atoms with Crippen LogP contribution in [0.2, 0.25) is 0 Å². The first-order valence-electron chi connectivity index (χ1n) is 7.54. The van der Waals surface area contributed by atoms with Gasteiger partial charge in [0.15, 0.2) is 0 Å². The van der Waals surface area contributed by atoms with E-state index in [9.17, 15) is 4.79 Å². The molecule has 0 unspecified atom stereocenters. The normalized spacial score (nSPS) is 10.5. The van der Waals surface area contributed by atoms with Crippen LogP contribution >= 0.6 is 0 Å². The van der Waals surface area contributed by atoms with Crippen LogP contribution in [0, 0.1) is 0 Å². The molecule has 4 nitrogen and oxygen atoms in total. The van der Waals surface area contributed by atoms with E-state index in [0.29, 0.717) is 12.8 Å². The highest BCUT2D eigenvalue weighted by Crippen LogP contribution is 2.26. The molecule has 116 valence electrons. The second-order valence-electron chi connectivity index (χ2n) is 5.20. The predicted octanol–water partition coefficient (Wildman–Crippen LogP) is 3.68. The van der Waals surface area contributed by atoms with Crippen molar-refractivity contribution >= 4 is 6.29 Å². The molecular formula is C19H18N2O2. The Morgan fingerprint density at radius 3 is 2.48 bits per heavy atom. The summed E-state index contributed by atoms with van der Waals surface area (Å²) < 4.78 is 7.14. The van der Waals surface area contributed by atoms with Gasteiger partial charge in [0, 0.05) is 12.0 Å². The average Bonchev–Trinajstić information content (AvgIpc) is 3.05. The van der Waals surface area contributed by atoms with Crippen molar-refractivity contribution in [2.75, 3.05) is 7.11 Å². The zero-order chi connectivity index (χ0) is 16.1. The monoisotopic (exact) mass is 306 g/mol. The molecule has 1 aromatic heterocycles. The molecule has 0 aliphatic carbocycles. The zero-order valence-electron chi connectivity index (χ0n) is 13.0. The van der Waals surface area contributed by atoms with Crippen LogP contribution in [-0.4, -0.2) is 23.2 Å². The Bertz CT molecular complexity index is 777. The standard InChI is InChI=1S/C19H18N2O2/c1-23-18-11-9-15(10-12-18)19-14-16(6-5-13-22)20-21(19)17-7-3-2-4-8-17/h2-4,7-14H,5-6H2,1H3. The summed E-state index contributed by atoms with van der Waals surface area (Å²) in [4.78, 5) is 10.6. The first kappa shape index (κ1) is 15.0. The van der Waals surface area contributed by atoms with Crippen molar-refractivity contribution < 1.29 is 9.53 Å². The van der Waals surface area contributed by atoms with Gasteiger partial charge in [-0.2, -0.15) is 5.10 Å². The van der Waals surface area contributed by atoms with Gasteiger partial charge in [0.25, 0.3) is 0 Å². The van der Waals surface area contributed by atoms with Gasteiger partial charge in [-0.25, -0.2) is 4.68 Å². The SMILES string of the molecule is COc1ccc(-c2cc(CCC=O)nn2-c2ccccc2)cc1. The molecular weight excluding hydrogens is 288 g/mol. The number of rotatable bonds is 6. The molecule has 0 saturated carbocycles. The third kappa shape index (κ3) is 3.31. The summed E-state index contributed by atoms with van der Waals surface area (Å²) in [5.41, 5.74) is 3.96. The molecule has 0 aliphatic rings. The van der Waals surface area contributed by atoms with Crippen molar-refractivity contribution in [3.63, 3.8) is 0 Å². The van der Waals surface area contributed by atoms with Crippen LogP contribution in [0.15, 0.2) is 60.7 Å². The van der Waals surface area contributed by atoms with Crippen LogP contribution in [0.5, 0.6) is 5.75 Å². The molecule has 0 fully saturated rings. The maximum absolute atomic E-state index is 10.6. The van der Waals surface area contributed by atoms with Crippen molar-refractivity contribution in [3.05, 3.63) is 66.4 Å². The second-order valence-corrected chi connectivity index (χ2v) is 5.20.